The van der Waals surface area contributed by atoms with Crippen LogP contribution in [-0.2, 0) is 25.5 Å². The standard InChI is InChI=1S/C25H26N2O6/c1-25(2,3)24(30)33-23-19-11-10-18(32-17-8-6-5-7-9-17)12-16(19)14-26-20(23)13-21(28)27-15-22(29)31-4/h5-12,14H,13,15H2,1-4H3,(H,27,28). The number of fused-ring (bicyclic) bond motifs is 1. The van der Waals surface area contributed by atoms with Crippen LogP contribution in [-0.4, -0.2) is 36.5 Å². The zero-order valence-electron chi connectivity index (χ0n) is 19.0. The van der Waals surface area contributed by atoms with E-state index in [4.69, 9.17) is 9.47 Å². The molecular weight excluding hydrogens is 424 g/mol. The summed E-state index contributed by atoms with van der Waals surface area (Å²) in [5, 5.41) is 3.75. The summed E-state index contributed by atoms with van der Waals surface area (Å²) in [6, 6.07) is 14.6. The highest BCUT2D eigenvalue weighted by Gasteiger charge is 2.26. The predicted molar refractivity (Wildman–Crippen MR) is 122 cm³/mol. The average Bonchev–Trinajstić information content (AvgIpc) is 2.78. The number of carbonyl (C=O) groups excluding carboxylic acids is 3. The van der Waals surface area contributed by atoms with Gasteiger partial charge in [0.05, 0.1) is 24.6 Å². The molecule has 1 heterocycles. The Balaban J connectivity index is 1.94. The monoisotopic (exact) mass is 450 g/mol. The molecule has 0 aliphatic carbocycles. The van der Waals surface area contributed by atoms with Crippen molar-refractivity contribution in [2.24, 2.45) is 5.41 Å². The number of rotatable bonds is 7. The van der Waals surface area contributed by atoms with E-state index in [1.807, 2.05) is 30.3 Å². The first-order valence-electron chi connectivity index (χ1n) is 10.4. The van der Waals surface area contributed by atoms with Gasteiger partial charge in [-0.1, -0.05) is 18.2 Å². The molecule has 1 aromatic heterocycles. The zero-order chi connectivity index (χ0) is 24.0. The molecule has 0 bridgehead atoms. The number of carbonyl (C=O) groups is 3. The first kappa shape index (κ1) is 23.7. The number of methoxy groups -OCH3 is 1. The molecule has 0 saturated carbocycles. The van der Waals surface area contributed by atoms with Crippen molar-refractivity contribution in [3.63, 3.8) is 0 Å². The summed E-state index contributed by atoms with van der Waals surface area (Å²) >= 11 is 0. The number of amides is 1. The van der Waals surface area contributed by atoms with Crippen molar-refractivity contribution >= 4 is 28.6 Å². The molecule has 1 amide bonds. The molecule has 33 heavy (non-hydrogen) atoms. The third-order valence-corrected chi connectivity index (χ3v) is 4.66. The predicted octanol–water partition coefficient (Wildman–Crippen LogP) is 3.81. The molecule has 8 heteroatoms. The maximum atomic E-state index is 12.6. The molecule has 0 aliphatic heterocycles. The molecule has 3 rings (SSSR count). The summed E-state index contributed by atoms with van der Waals surface area (Å²) in [5.74, 6) is -0.00992. The molecule has 0 atom stereocenters. The number of hydrogen-bond donors (Lipinski definition) is 1. The highest BCUT2D eigenvalue weighted by atomic mass is 16.5. The van der Waals surface area contributed by atoms with Crippen LogP contribution in [0, 0.1) is 5.41 Å². The summed E-state index contributed by atoms with van der Waals surface area (Å²) in [5.41, 5.74) is -0.484. The number of esters is 2. The van der Waals surface area contributed by atoms with Crippen molar-refractivity contribution < 1.29 is 28.6 Å². The quantitative estimate of drug-likeness (QED) is 0.546. The van der Waals surface area contributed by atoms with Crippen LogP contribution < -0.4 is 14.8 Å². The van der Waals surface area contributed by atoms with Crippen LogP contribution in [0.2, 0.25) is 0 Å². The van der Waals surface area contributed by atoms with Gasteiger partial charge in [-0.2, -0.15) is 0 Å². The summed E-state index contributed by atoms with van der Waals surface area (Å²) < 4.78 is 16.1. The fraction of sp³-hybridized carbons (Fsp3) is 0.280. The lowest BCUT2D eigenvalue weighted by Gasteiger charge is -2.19. The number of para-hydroxylation sites is 1. The van der Waals surface area contributed by atoms with Crippen molar-refractivity contribution in [1.82, 2.24) is 10.3 Å². The second-order valence-corrected chi connectivity index (χ2v) is 8.37. The van der Waals surface area contributed by atoms with Crippen molar-refractivity contribution in [3.05, 3.63) is 60.4 Å². The lowest BCUT2D eigenvalue weighted by Crippen LogP contribution is -2.32. The van der Waals surface area contributed by atoms with Crippen molar-refractivity contribution in [1.29, 1.82) is 0 Å². The molecule has 8 nitrogen and oxygen atoms in total. The highest BCUT2D eigenvalue weighted by molar-refractivity contribution is 5.94. The minimum Gasteiger partial charge on any atom is -0.468 e. The maximum Gasteiger partial charge on any atom is 0.325 e. The molecular formula is C25H26N2O6. The van der Waals surface area contributed by atoms with Gasteiger partial charge < -0.3 is 19.5 Å². The van der Waals surface area contributed by atoms with Gasteiger partial charge >= 0.3 is 11.9 Å². The van der Waals surface area contributed by atoms with Gasteiger partial charge in [0.25, 0.3) is 0 Å². The molecule has 0 radical (unpaired) electrons. The van der Waals surface area contributed by atoms with Gasteiger partial charge in [0.1, 0.15) is 18.0 Å². The number of nitrogens with zero attached hydrogens (tertiary/aromatic N) is 1. The van der Waals surface area contributed by atoms with Crippen LogP contribution in [0.3, 0.4) is 0 Å². The van der Waals surface area contributed by atoms with Crippen LogP contribution in [0.15, 0.2) is 54.7 Å². The van der Waals surface area contributed by atoms with E-state index in [2.05, 4.69) is 15.0 Å². The number of ether oxygens (including phenoxy) is 3. The number of aromatic nitrogens is 1. The SMILES string of the molecule is COC(=O)CNC(=O)Cc1ncc2cc(Oc3ccccc3)ccc2c1OC(=O)C(C)(C)C. The second kappa shape index (κ2) is 10.1. The Bertz CT molecular complexity index is 1170. The fourth-order valence-electron chi connectivity index (χ4n) is 2.85. The van der Waals surface area contributed by atoms with Crippen molar-refractivity contribution in [2.75, 3.05) is 13.7 Å². The van der Waals surface area contributed by atoms with E-state index in [9.17, 15) is 14.4 Å². The van der Waals surface area contributed by atoms with E-state index in [1.54, 1.807) is 45.2 Å². The van der Waals surface area contributed by atoms with Gasteiger partial charge in [-0.3, -0.25) is 19.4 Å². The van der Waals surface area contributed by atoms with Gasteiger partial charge in [-0.05, 0) is 51.1 Å². The minimum absolute atomic E-state index is 0.179. The van der Waals surface area contributed by atoms with E-state index >= 15 is 0 Å². The lowest BCUT2D eigenvalue weighted by atomic mass is 9.97. The number of pyridine rings is 1. The molecule has 172 valence electrons. The first-order valence-corrected chi connectivity index (χ1v) is 10.4. The van der Waals surface area contributed by atoms with Gasteiger partial charge in [0.15, 0.2) is 5.75 Å². The first-order chi connectivity index (χ1) is 15.7. The Morgan fingerprint density at radius 1 is 1.00 bits per heavy atom. The summed E-state index contributed by atoms with van der Waals surface area (Å²) in [4.78, 5) is 40.6. The Morgan fingerprint density at radius 2 is 1.73 bits per heavy atom. The van der Waals surface area contributed by atoms with E-state index in [-0.39, 0.29) is 24.4 Å². The Morgan fingerprint density at radius 3 is 2.39 bits per heavy atom. The Kier molecular flexibility index (Phi) is 7.27. The van der Waals surface area contributed by atoms with Crippen LogP contribution in [0.4, 0.5) is 0 Å². The van der Waals surface area contributed by atoms with Gasteiger partial charge in [-0.25, -0.2) is 0 Å². The average molecular weight is 450 g/mol. The highest BCUT2D eigenvalue weighted by Crippen LogP contribution is 2.34. The number of benzene rings is 2. The summed E-state index contributed by atoms with van der Waals surface area (Å²) in [6.07, 6.45) is 1.41. The van der Waals surface area contributed by atoms with Gasteiger partial charge in [-0.15, -0.1) is 0 Å². The largest absolute Gasteiger partial charge is 0.468 e. The summed E-state index contributed by atoms with van der Waals surface area (Å²) in [6.45, 7) is 4.95. The number of nitrogens with one attached hydrogen (secondary N) is 1. The van der Waals surface area contributed by atoms with Crippen molar-refractivity contribution in [2.45, 2.75) is 27.2 Å². The topological polar surface area (TPSA) is 104 Å². The zero-order valence-corrected chi connectivity index (χ0v) is 19.0. The molecule has 0 saturated heterocycles. The summed E-state index contributed by atoms with van der Waals surface area (Å²) in [7, 11) is 1.24. The van der Waals surface area contributed by atoms with E-state index in [0.717, 1.165) is 0 Å². The fourth-order valence-corrected chi connectivity index (χ4v) is 2.85. The van der Waals surface area contributed by atoms with Crippen molar-refractivity contribution in [3.8, 4) is 17.2 Å². The Hall–Kier alpha value is -3.94. The molecule has 3 aromatic rings. The molecule has 2 aromatic carbocycles. The molecule has 0 spiro atoms. The third-order valence-electron chi connectivity index (χ3n) is 4.66. The molecule has 1 N–H and O–H groups in total. The van der Waals surface area contributed by atoms with E-state index in [0.29, 0.717) is 22.3 Å². The molecule has 0 unspecified atom stereocenters. The van der Waals surface area contributed by atoms with Crippen LogP contribution in [0.25, 0.3) is 10.8 Å². The van der Waals surface area contributed by atoms with E-state index in [1.165, 1.54) is 7.11 Å². The third kappa shape index (κ3) is 6.29. The van der Waals surface area contributed by atoms with Gasteiger partial charge in [0, 0.05) is 17.0 Å². The normalized spacial score (nSPS) is 11.0. The van der Waals surface area contributed by atoms with E-state index < -0.39 is 23.3 Å². The molecule has 0 aliphatic rings. The Labute approximate surface area is 191 Å². The molecule has 0 fully saturated rings. The van der Waals surface area contributed by atoms with Gasteiger partial charge in [0.2, 0.25) is 5.91 Å². The van der Waals surface area contributed by atoms with Crippen LogP contribution >= 0.6 is 0 Å². The maximum absolute atomic E-state index is 12.6. The smallest absolute Gasteiger partial charge is 0.325 e. The minimum atomic E-state index is -0.761. The lowest BCUT2D eigenvalue weighted by molar-refractivity contribution is -0.143. The second-order valence-electron chi connectivity index (χ2n) is 8.37. The van der Waals surface area contributed by atoms with Crippen LogP contribution in [0.5, 0.6) is 17.2 Å². The number of hydrogen-bond acceptors (Lipinski definition) is 7. The van der Waals surface area contributed by atoms with Crippen LogP contribution in [0.1, 0.15) is 26.5 Å².